The second kappa shape index (κ2) is 7.01. The van der Waals surface area contributed by atoms with Crippen molar-refractivity contribution in [1.29, 1.82) is 0 Å². The van der Waals surface area contributed by atoms with Gasteiger partial charge in [0.1, 0.15) is 11.4 Å². The summed E-state index contributed by atoms with van der Waals surface area (Å²) >= 11 is 1.83. The Hall–Kier alpha value is -2.32. The van der Waals surface area contributed by atoms with E-state index in [4.69, 9.17) is 4.74 Å². The number of benzene rings is 2. The minimum absolute atomic E-state index is 0.190. The van der Waals surface area contributed by atoms with Gasteiger partial charge < -0.3 is 4.74 Å². The molecular formula is C25H28OS. The van der Waals surface area contributed by atoms with Crippen LogP contribution in [0.5, 0.6) is 0 Å². The highest BCUT2D eigenvalue weighted by atomic mass is 32.1. The van der Waals surface area contributed by atoms with Gasteiger partial charge in [-0.15, -0.1) is 11.3 Å². The molecule has 0 aliphatic heterocycles. The average Bonchev–Trinajstić information content (AvgIpc) is 3.05. The lowest BCUT2D eigenvalue weighted by atomic mass is 9.71. The molecule has 0 amide bonds. The van der Waals surface area contributed by atoms with Gasteiger partial charge in [0.25, 0.3) is 0 Å². The summed E-state index contributed by atoms with van der Waals surface area (Å²) in [6, 6.07) is 19.7. The zero-order valence-electron chi connectivity index (χ0n) is 16.9. The molecule has 0 aliphatic carbocycles. The third-order valence-electron chi connectivity index (χ3n) is 5.68. The van der Waals surface area contributed by atoms with Crippen molar-refractivity contribution in [2.75, 3.05) is 0 Å². The number of rotatable bonds is 6. The van der Waals surface area contributed by atoms with Crippen LogP contribution >= 0.6 is 11.3 Å². The molecule has 0 atom stereocenters. The Balaban J connectivity index is 1.89. The van der Waals surface area contributed by atoms with Crippen LogP contribution < -0.4 is 0 Å². The molecule has 0 saturated heterocycles. The van der Waals surface area contributed by atoms with Crippen LogP contribution in [0.4, 0.5) is 0 Å². The maximum absolute atomic E-state index is 6.18. The first kappa shape index (κ1) is 19.4. The van der Waals surface area contributed by atoms with Gasteiger partial charge in [0.05, 0.1) is 0 Å². The maximum Gasteiger partial charge on any atom is 0.115 e. The molecule has 0 fully saturated rings. The van der Waals surface area contributed by atoms with Gasteiger partial charge in [-0.2, -0.15) is 0 Å². The SMILES string of the molecule is C=C(C)C(=C)OC(C)(C)C(C)(C)c1ccc(-c2cc3ccccc3s2)cc1. The average molecular weight is 377 g/mol. The number of allylic oxidation sites excluding steroid dienone is 1. The van der Waals surface area contributed by atoms with Gasteiger partial charge in [-0.25, -0.2) is 0 Å². The fourth-order valence-electron chi connectivity index (χ4n) is 3.05. The summed E-state index contributed by atoms with van der Waals surface area (Å²) in [7, 11) is 0. The Labute approximate surface area is 167 Å². The molecule has 0 spiro atoms. The van der Waals surface area contributed by atoms with Crippen LogP contribution in [0.1, 0.15) is 40.2 Å². The van der Waals surface area contributed by atoms with Gasteiger partial charge >= 0.3 is 0 Å². The van der Waals surface area contributed by atoms with Crippen molar-refractivity contribution in [3.63, 3.8) is 0 Å². The summed E-state index contributed by atoms with van der Waals surface area (Å²) in [5.74, 6) is 0.648. The lowest BCUT2D eigenvalue weighted by molar-refractivity contribution is -0.0194. The highest BCUT2D eigenvalue weighted by molar-refractivity contribution is 7.22. The first-order chi connectivity index (χ1) is 12.6. The van der Waals surface area contributed by atoms with E-state index in [9.17, 15) is 0 Å². The van der Waals surface area contributed by atoms with Crippen molar-refractivity contribution in [2.24, 2.45) is 0 Å². The van der Waals surface area contributed by atoms with Gasteiger partial charge in [-0.05, 0) is 55.0 Å². The molecule has 0 saturated carbocycles. The van der Waals surface area contributed by atoms with Crippen LogP contribution in [0, 0.1) is 0 Å². The van der Waals surface area contributed by atoms with Crippen LogP contribution in [0.2, 0.25) is 0 Å². The molecule has 27 heavy (non-hydrogen) atoms. The van der Waals surface area contributed by atoms with Crippen molar-refractivity contribution in [3.05, 3.63) is 84.7 Å². The quantitative estimate of drug-likeness (QED) is 0.316. The molecule has 1 nitrogen and oxygen atoms in total. The molecule has 2 heteroatoms. The lowest BCUT2D eigenvalue weighted by Gasteiger charge is -2.42. The Kier molecular flexibility index (Phi) is 5.05. The summed E-state index contributed by atoms with van der Waals surface area (Å²) in [5, 5.41) is 1.30. The topological polar surface area (TPSA) is 9.23 Å². The molecule has 1 heterocycles. The zero-order valence-corrected chi connectivity index (χ0v) is 17.7. The lowest BCUT2D eigenvalue weighted by Crippen LogP contribution is -2.44. The minimum atomic E-state index is -0.415. The van der Waals surface area contributed by atoms with Crippen LogP contribution in [0.15, 0.2) is 79.1 Å². The fourth-order valence-corrected chi connectivity index (χ4v) is 4.11. The molecule has 140 valence electrons. The smallest absolute Gasteiger partial charge is 0.115 e. The van der Waals surface area contributed by atoms with Gasteiger partial charge in [-0.3, -0.25) is 0 Å². The monoisotopic (exact) mass is 376 g/mol. The van der Waals surface area contributed by atoms with Crippen LogP contribution in [-0.2, 0) is 10.2 Å². The third-order valence-corrected chi connectivity index (χ3v) is 6.84. The normalized spacial score (nSPS) is 12.2. The van der Waals surface area contributed by atoms with Crippen molar-refractivity contribution < 1.29 is 4.74 Å². The van der Waals surface area contributed by atoms with Crippen molar-refractivity contribution in [2.45, 2.75) is 45.6 Å². The van der Waals surface area contributed by atoms with Crippen LogP contribution in [-0.4, -0.2) is 5.60 Å². The largest absolute Gasteiger partial charge is 0.487 e. The van der Waals surface area contributed by atoms with E-state index in [0.29, 0.717) is 5.76 Å². The van der Waals surface area contributed by atoms with Gasteiger partial charge in [0.2, 0.25) is 0 Å². The number of hydrogen-bond donors (Lipinski definition) is 0. The molecule has 0 radical (unpaired) electrons. The maximum atomic E-state index is 6.18. The fraction of sp³-hybridized carbons (Fsp3) is 0.280. The standard InChI is InChI=1S/C25H28OS/c1-17(2)18(3)26-25(6,7)24(4,5)21-14-12-19(13-15-21)23-16-20-10-8-9-11-22(20)27-23/h8-16H,1,3H2,2,4-7H3. The van der Waals surface area contributed by atoms with Crippen molar-refractivity contribution in [1.82, 2.24) is 0 Å². The summed E-state index contributed by atoms with van der Waals surface area (Å²) in [6.45, 7) is 18.5. The Bertz CT molecular complexity index is 954. The van der Waals surface area contributed by atoms with Crippen molar-refractivity contribution in [3.8, 4) is 10.4 Å². The van der Waals surface area contributed by atoms with E-state index in [2.05, 4.69) is 95.5 Å². The number of thiophene rings is 1. The Morgan fingerprint density at radius 3 is 2.15 bits per heavy atom. The molecule has 0 unspecified atom stereocenters. The molecule has 2 aromatic carbocycles. The number of fused-ring (bicyclic) bond motifs is 1. The first-order valence-corrected chi connectivity index (χ1v) is 10.1. The Morgan fingerprint density at radius 2 is 1.56 bits per heavy atom. The summed E-state index contributed by atoms with van der Waals surface area (Å²) in [5.41, 5.74) is 2.75. The van der Waals surface area contributed by atoms with E-state index in [1.165, 1.54) is 26.1 Å². The van der Waals surface area contributed by atoms with Crippen LogP contribution in [0.3, 0.4) is 0 Å². The molecule has 0 N–H and O–H groups in total. The van der Waals surface area contributed by atoms with Gasteiger partial charge in [0.15, 0.2) is 0 Å². The van der Waals surface area contributed by atoms with E-state index in [0.717, 1.165) is 5.57 Å². The molecule has 3 rings (SSSR count). The predicted molar refractivity (Wildman–Crippen MR) is 119 cm³/mol. The van der Waals surface area contributed by atoms with E-state index in [-0.39, 0.29) is 5.41 Å². The first-order valence-electron chi connectivity index (χ1n) is 9.25. The number of ether oxygens (including phenoxy) is 1. The van der Waals surface area contributed by atoms with Crippen molar-refractivity contribution >= 4 is 21.4 Å². The minimum Gasteiger partial charge on any atom is -0.487 e. The summed E-state index contributed by atoms with van der Waals surface area (Å²) in [6.07, 6.45) is 0. The molecule has 1 aromatic heterocycles. The molecular weight excluding hydrogens is 348 g/mol. The van der Waals surface area contributed by atoms with Crippen LogP contribution in [0.25, 0.3) is 20.5 Å². The number of hydrogen-bond acceptors (Lipinski definition) is 2. The summed E-state index contributed by atoms with van der Waals surface area (Å²) in [4.78, 5) is 1.30. The van der Waals surface area contributed by atoms with Gasteiger partial charge in [0, 0.05) is 15.0 Å². The van der Waals surface area contributed by atoms with Gasteiger partial charge in [-0.1, -0.05) is 69.5 Å². The predicted octanol–water partition coefficient (Wildman–Crippen LogP) is 7.73. The second-order valence-electron chi connectivity index (χ2n) is 8.17. The van der Waals surface area contributed by atoms with E-state index < -0.39 is 5.60 Å². The second-order valence-corrected chi connectivity index (χ2v) is 9.25. The third kappa shape index (κ3) is 3.72. The Morgan fingerprint density at radius 1 is 0.926 bits per heavy atom. The highest BCUT2D eigenvalue weighted by Crippen LogP contribution is 2.40. The van der Waals surface area contributed by atoms with E-state index >= 15 is 0 Å². The zero-order chi connectivity index (χ0) is 19.8. The molecule has 0 bridgehead atoms. The molecule has 0 aliphatic rings. The summed E-state index contributed by atoms with van der Waals surface area (Å²) < 4.78 is 7.51. The highest BCUT2D eigenvalue weighted by Gasteiger charge is 2.40. The van der Waals surface area contributed by atoms with E-state index in [1.807, 2.05) is 18.3 Å². The van der Waals surface area contributed by atoms with E-state index in [1.54, 1.807) is 0 Å². The molecule has 3 aromatic rings.